The summed E-state index contributed by atoms with van der Waals surface area (Å²) in [5.41, 5.74) is 2.16. The molecule has 0 aliphatic heterocycles. The lowest BCUT2D eigenvalue weighted by molar-refractivity contribution is -0.152. The molecular weight excluding hydrogens is 346 g/mol. The summed E-state index contributed by atoms with van der Waals surface area (Å²) in [6.45, 7) is 3.59. The Morgan fingerprint density at radius 1 is 1.11 bits per heavy atom. The Hall–Kier alpha value is -3.41. The number of fused-ring (bicyclic) bond motifs is 1. The van der Waals surface area contributed by atoms with Gasteiger partial charge in [0.15, 0.2) is 11.8 Å². The number of aryl methyl sites for hydroxylation is 1. The van der Waals surface area contributed by atoms with E-state index in [1.165, 1.54) is 6.07 Å². The maximum absolute atomic E-state index is 12.3. The highest BCUT2D eigenvalue weighted by atomic mass is 16.6. The molecule has 0 aliphatic rings. The van der Waals surface area contributed by atoms with Gasteiger partial charge >= 0.3 is 11.9 Å². The molecule has 0 radical (unpaired) electrons. The van der Waals surface area contributed by atoms with E-state index in [4.69, 9.17) is 9.47 Å². The van der Waals surface area contributed by atoms with E-state index in [2.05, 4.69) is 4.98 Å². The number of nitrogens with zero attached hydrogens (tertiary/aromatic N) is 1. The average Bonchev–Trinajstić information content (AvgIpc) is 2.66. The number of esters is 1. The highest BCUT2D eigenvalue weighted by Crippen LogP contribution is 2.27. The number of carboxylic acid groups (broad SMARTS) is 1. The third-order valence-electron chi connectivity index (χ3n) is 4.01. The molecule has 0 bridgehead atoms. The van der Waals surface area contributed by atoms with Crippen LogP contribution in [0.2, 0.25) is 0 Å². The number of aromatic carboxylic acids is 1. The van der Waals surface area contributed by atoms with Crippen LogP contribution in [0.25, 0.3) is 10.9 Å². The van der Waals surface area contributed by atoms with Gasteiger partial charge in [-0.1, -0.05) is 36.4 Å². The lowest BCUT2D eigenvalue weighted by Crippen LogP contribution is -2.26. The van der Waals surface area contributed by atoms with E-state index in [0.717, 1.165) is 11.1 Å². The topological polar surface area (TPSA) is 85.7 Å². The van der Waals surface area contributed by atoms with Crippen molar-refractivity contribution in [1.29, 1.82) is 0 Å². The predicted molar refractivity (Wildman–Crippen MR) is 99.8 cm³/mol. The number of benzene rings is 2. The number of ether oxygens (including phenoxy) is 2. The first-order chi connectivity index (χ1) is 12.9. The van der Waals surface area contributed by atoms with Crippen molar-refractivity contribution in [2.45, 2.75) is 26.6 Å². The molecule has 6 nitrogen and oxygen atoms in total. The predicted octanol–water partition coefficient (Wildman–Crippen LogP) is 3.75. The zero-order valence-corrected chi connectivity index (χ0v) is 15.0. The maximum Gasteiger partial charge on any atom is 0.354 e. The van der Waals surface area contributed by atoms with Crippen LogP contribution >= 0.6 is 0 Å². The number of rotatable bonds is 6. The monoisotopic (exact) mass is 365 g/mol. The molecule has 0 unspecified atom stereocenters. The Balaban J connectivity index is 1.80. The molecule has 1 aromatic heterocycles. The summed E-state index contributed by atoms with van der Waals surface area (Å²) in [6.07, 6.45) is -0.901. The average molecular weight is 365 g/mol. The van der Waals surface area contributed by atoms with Gasteiger partial charge < -0.3 is 14.6 Å². The molecule has 0 amide bonds. The Labute approximate surface area is 156 Å². The van der Waals surface area contributed by atoms with Crippen molar-refractivity contribution >= 4 is 22.8 Å². The zero-order valence-electron chi connectivity index (χ0n) is 15.0. The maximum atomic E-state index is 12.3. The molecule has 3 aromatic rings. The van der Waals surface area contributed by atoms with Crippen LogP contribution in [-0.4, -0.2) is 28.1 Å². The summed E-state index contributed by atoms with van der Waals surface area (Å²) in [7, 11) is 0. The second kappa shape index (κ2) is 7.86. The van der Waals surface area contributed by atoms with E-state index < -0.39 is 18.0 Å². The van der Waals surface area contributed by atoms with Gasteiger partial charge in [-0.2, -0.15) is 0 Å². The lowest BCUT2D eigenvalue weighted by atomic mass is 10.1. The largest absolute Gasteiger partial charge is 0.478 e. The van der Waals surface area contributed by atoms with Crippen LogP contribution in [-0.2, 0) is 16.1 Å². The summed E-state index contributed by atoms with van der Waals surface area (Å²) in [5, 5.41) is 9.91. The summed E-state index contributed by atoms with van der Waals surface area (Å²) < 4.78 is 11.0. The number of aromatic nitrogens is 1. The normalized spacial score (nSPS) is 11.8. The SMILES string of the molecule is Cc1ccc2c(O[C@H](C)C(=O)OCc3ccccc3)cc(C(=O)O)nc2c1. The molecule has 0 saturated heterocycles. The first-order valence-electron chi connectivity index (χ1n) is 8.46. The van der Waals surface area contributed by atoms with Crippen molar-refractivity contribution in [3.05, 3.63) is 71.4 Å². The van der Waals surface area contributed by atoms with Gasteiger partial charge in [0, 0.05) is 11.5 Å². The van der Waals surface area contributed by atoms with Crippen LogP contribution in [0.5, 0.6) is 5.75 Å². The van der Waals surface area contributed by atoms with Crippen molar-refractivity contribution < 1.29 is 24.2 Å². The zero-order chi connectivity index (χ0) is 19.4. The standard InChI is InChI=1S/C21H19NO5/c1-13-8-9-16-17(10-13)22-18(20(23)24)11-19(16)27-14(2)21(25)26-12-15-6-4-3-5-7-15/h3-11,14H,12H2,1-2H3,(H,23,24)/t14-/m1/s1. The molecule has 1 N–H and O–H groups in total. The van der Waals surface area contributed by atoms with Crippen LogP contribution in [0.1, 0.15) is 28.5 Å². The van der Waals surface area contributed by atoms with E-state index in [0.29, 0.717) is 10.9 Å². The third-order valence-corrected chi connectivity index (χ3v) is 4.01. The van der Waals surface area contributed by atoms with Crippen molar-refractivity contribution in [2.75, 3.05) is 0 Å². The Morgan fingerprint density at radius 3 is 2.56 bits per heavy atom. The van der Waals surface area contributed by atoms with Crippen molar-refractivity contribution in [2.24, 2.45) is 0 Å². The molecule has 2 aromatic carbocycles. The van der Waals surface area contributed by atoms with E-state index in [1.807, 2.05) is 43.3 Å². The van der Waals surface area contributed by atoms with Gasteiger partial charge in [0.25, 0.3) is 0 Å². The minimum Gasteiger partial charge on any atom is -0.478 e. The molecule has 0 fully saturated rings. The van der Waals surface area contributed by atoms with Crippen LogP contribution in [0, 0.1) is 6.92 Å². The van der Waals surface area contributed by atoms with Gasteiger partial charge in [0.05, 0.1) is 5.52 Å². The molecule has 6 heteroatoms. The molecule has 0 aliphatic carbocycles. The van der Waals surface area contributed by atoms with Gasteiger partial charge in [-0.15, -0.1) is 0 Å². The number of carboxylic acids is 1. The molecule has 3 rings (SSSR count). The molecule has 1 heterocycles. The summed E-state index contributed by atoms with van der Waals surface area (Å²) in [6, 6.07) is 16.1. The number of pyridine rings is 1. The molecule has 0 saturated carbocycles. The second-order valence-corrected chi connectivity index (χ2v) is 6.18. The van der Waals surface area contributed by atoms with E-state index in [9.17, 15) is 14.7 Å². The number of hydrogen-bond acceptors (Lipinski definition) is 5. The quantitative estimate of drug-likeness (QED) is 0.670. The second-order valence-electron chi connectivity index (χ2n) is 6.18. The minimum atomic E-state index is -1.16. The molecule has 27 heavy (non-hydrogen) atoms. The van der Waals surface area contributed by atoms with Gasteiger partial charge in [0.1, 0.15) is 12.4 Å². The fraction of sp³-hybridized carbons (Fsp3) is 0.190. The van der Waals surface area contributed by atoms with Gasteiger partial charge in [0.2, 0.25) is 0 Å². The smallest absolute Gasteiger partial charge is 0.354 e. The highest BCUT2D eigenvalue weighted by molar-refractivity contribution is 5.93. The van der Waals surface area contributed by atoms with Crippen molar-refractivity contribution in [3.63, 3.8) is 0 Å². The van der Waals surface area contributed by atoms with Gasteiger partial charge in [-0.3, -0.25) is 0 Å². The molecular formula is C21H19NO5. The lowest BCUT2D eigenvalue weighted by Gasteiger charge is -2.16. The van der Waals surface area contributed by atoms with Crippen LogP contribution in [0.15, 0.2) is 54.6 Å². The Kier molecular flexibility index (Phi) is 5.35. The van der Waals surface area contributed by atoms with Gasteiger partial charge in [-0.25, -0.2) is 14.6 Å². The number of carbonyl (C=O) groups excluding carboxylic acids is 1. The Bertz CT molecular complexity index is 985. The number of carbonyl (C=O) groups is 2. The van der Waals surface area contributed by atoms with Crippen LogP contribution in [0.4, 0.5) is 0 Å². The van der Waals surface area contributed by atoms with Crippen molar-refractivity contribution in [3.8, 4) is 5.75 Å². The first-order valence-corrected chi connectivity index (χ1v) is 8.46. The molecule has 138 valence electrons. The third kappa shape index (κ3) is 4.41. The van der Waals surface area contributed by atoms with Crippen LogP contribution in [0.3, 0.4) is 0 Å². The fourth-order valence-corrected chi connectivity index (χ4v) is 2.60. The highest BCUT2D eigenvalue weighted by Gasteiger charge is 2.20. The van der Waals surface area contributed by atoms with Crippen molar-refractivity contribution in [1.82, 2.24) is 4.98 Å². The Morgan fingerprint density at radius 2 is 1.85 bits per heavy atom. The first kappa shape index (κ1) is 18.4. The molecule has 1 atom stereocenters. The minimum absolute atomic E-state index is 0.143. The fourth-order valence-electron chi connectivity index (χ4n) is 2.60. The van der Waals surface area contributed by atoms with E-state index >= 15 is 0 Å². The van der Waals surface area contributed by atoms with Gasteiger partial charge in [-0.05, 0) is 37.1 Å². The molecule has 0 spiro atoms. The summed E-state index contributed by atoms with van der Waals surface area (Å²) in [4.78, 5) is 27.7. The van der Waals surface area contributed by atoms with E-state index in [1.54, 1.807) is 19.1 Å². The van der Waals surface area contributed by atoms with E-state index in [-0.39, 0.29) is 18.1 Å². The number of hydrogen-bond donors (Lipinski definition) is 1. The van der Waals surface area contributed by atoms with Crippen LogP contribution < -0.4 is 4.74 Å². The summed E-state index contributed by atoms with van der Waals surface area (Å²) in [5.74, 6) is -1.42. The summed E-state index contributed by atoms with van der Waals surface area (Å²) >= 11 is 0.